The summed E-state index contributed by atoms with van der Waals surface area (Å²) in [5, 5.41) is 15.7. The number of nitrogens with zero attached hydrogens (tertiary/aromatic N) is 2. The van der Waals surface area contributed by atoms with Gasteiger partial charge in [0.25, 0.3) is 0 Å². The number of anilines is 1. The van der Waals surface area contributed by atoms with Crippen LogP contribution in [0.5, 0.6) is 0 Å². The molecule has 1 aromatic rings. The van der Waals surface area contributed by atoms with Crippen LogP contribution in [0, 0.1) is 0 Å². The summed E-state index contributed by atoms with van der Waals surface area (Å²) in [5.74, 6) is -0.187. The summed E-state index contributed by atoms with van der Waals surface area (Å²) >= 11 is 0. The first-order valence-electron chi connectivity index (χ1n) is 5.71. The highest BCUT2D eigenvalue weighted by Gasteiger charge is 2.27. The number of rotatable bonds is 4. The molecule has 0 saturated carbocycles. The second-order valence-electron chi connectivity index (χ2n) is 4.10. The first-order chi connectivity index (χ1) is 8.60. The topological polar surface area (TPSA) is 109 Å². The van der Waals surface area contributed by atoms with Gasteiger partial charge in [0.15, 0.2) is 0 Å². The van der Waals surface area contributed by atoms with Crippen LogP contribution in [-0.4, -0.2) is 35.1 Å². The van der Waals surface area contributed by atoms with E-state index in [0.29, 0.717) is 18.7 Å². The lowest BCUT2D eigenvalue weighted by Crippen LogP contribution is -2.47. The monoisotopic (exact) mass is 253 g/mol. The van der Waals surface area contributed by atoms with Gasteiger partial charge in [-0.25, -0.2) is 0 Å². The van der Waals surface area contributed by atoms with Gasteiger partial charge < -0.3 is 15.1 Å². The van der Waals surface area contributed by atoms with Gasteiger partial charge >= 0.3 is 6.01 Å². The van der Waals surface area contributed by atoms with E-state index < -0.39 is 6.04 Å². The Labute approximate surface area is 104 Å². The molecule has 3 N–H and O–H groups in total. The first-order valence-corrected chi connectivity index (χ1v) is 5.71. The van der Waals surface area contributed by atoms with E-state index in [4.69, 9.17) is 4.42 Å². The van der Waals surface area contributed by atoms with Crippen molar-refractivity contribution in [2.75, 3.05) is 12.4 Å². The minimum atomic E-state index is -0.513. The van der Waals surface area contributed by atoms with E-state index >= 15 is 0 Å². The van der Waals surface area contributed by atoms with Gasteiger partial charge in [0.05, 0.1) is 6.04 Å². The molecule has 8 heteroatoms. The molecule has 98 valence electrons. The zero-order valence-electron chi connectivity index (χ0n) is 10.2. The number of hydrogen-bond acceptors (Lipinski definition) is 7. The molecule has 1 saturated heterocycles. The Kier molecular flexibility index (Phi) is 3.56. The third kappa shape index (κ3) is 2.65. The summed E-state index contributed by atoms with van der Waals surface area (Å²) in [6, 6.07) is -0.391. The molecule has 1 fully saturated rings. The third-order valence-corrected chi connectivity index (χ3v) is 2.78. The van der Waals surface area contributed by atoms with Crippen molar-refractivity contribution < 1.29 is 14.0 Å². The normalized spacial score (nSPS) is 21.6. The van der Waals surface area contributed by atoms with Gasteiger partial charge in [-0.1, -0.05) is 5.10 Å². The van der Waals surface area contributed by atoms with Crippen LogP contribution in [-0.2, 0) is 9.59 Å². The summed E-state index contributed by atoms with van der Waals surface area (Å²) in [5.41, 5.74) is 0. The quantitative estimate of drug-likeness (QED) is 0.624. The van der Waals surface area contributed by atoms with Crippen molar-refractivity contribution in [3.63, 3.8) is 0 Å². The molecule has 2 unspecified atom stereocenters. The largest absolute Gasteiger partial charge is 0.406 e. The van der Waals surface area contributed by atoms with E-state index in [1.165, 1.54) is 0 Å². The Balaban J connectivity index is 1.99. The van der Waals surface area contributed by atoms with Gasteiger partial charge in [-0.05, 0) is 20.4 Å². The van der Waals surface area contributed by atoms with Gasteiger partial charge in [-0.2, -0.15) is 0 Å². The fourth-order valence-corrected chi connectivity index (χ4v) is 1.57. The van der Waals surface area contributed by atoms with Crippen LogP contribution in [0.2, 0.25) is 0 Å². The van der Waals surface area contributed by atoms with Crippen molar-refractivity contribution in [1.82, 2.24) is 20.8 Å². The Morgan fingerprint density at radius 1 is 1.44 bits per heavy atom. The zero-order valence-corrected chi connectivity index (χ0v) is 10.2. The van der Waals surface area contributed by atoms with Crippen LogP contribution in [0.25, 0.3) is 0 Å². The Morgan fingerprint density at radius 2 is 2.22 bits per heavy atom. The van der Waals surface area contributed by atoms with E-state index in [1.54, 1.807) is 7.05 Å². The molecular formula is C10H15N5O3. The maximum atomic E-state index is 11.5. The van der Waals surface area contributed by atoms with Crippen molar-refractivity contribution in [2.45, 2.75) is 31.8 Å². The fraction of sp³-hybridized carbons (Fsp3) is 0.600. The number of hydrogen-bond donors (Lipinski definition) is 3. The predicted molar refractivity (Wildman–Crippen MR) is 61.6 cm³/mol. The standard InChI is InChI=1S/C10H15N5O3/c1-5(11-2)9-14-15-10(18-9)12-6-3-4-7(16)13-8(6)17/h5-6,11H,3-4H2,1-2H3,(H,12,15)(H,13,16,17). The van der Waals surface area contributed by atoms with Gasteiger partial charge in [-0.15, -0.1) is 5.10 Å². The molecule has 2 heterocycles. The van der Waals surface area contributed by atoms with Crippen LogP contribution >= 0.6 is 0 Å². The Bertz CT molecular complexity index is 458. The first kappa shape index (κ1) is 12.5. The zero-order chi connectivity index (χ0) is 13.1. The van der Waals surface area contributed by atoms with Gasteiger partial charge in [0.1, 0.15) is 6.04 Å². The Morgan fingerprint density at radius 3 is 2.89 bits per heavy atom. The van der Waals surface area contributed by atoms with E-state index in [2.05, 4.69) is 26.1 Å². The molecule has 0 bridgehead atoms. The van der Waals surface area contributed by atoms with Crippen molar-refractivity contribution in [3.8, 4) is 0 Å². The lowest BCUT2D eigenvalue weighted by atomic mass is 10.1. The van der Waals surface area contributed by atoms with Crippen molar-refractivity contribution in [2.24, 2.45) is 0 Å². The molecule has 8 nitrogen and oxygen atoms in total. The van der Waals surface area contributed by atoms with Gasteiger partial charge in [-0.3, -0.25) is 14.9 Å². The number of imide groups is 1. The third-order valence-electron chi connectivity index (χ3n) is 2.78. The van der Waals surface area contributed by atoms with Crippen LogP contribution in [0.15, 0.2) is 4.42 Å². The van der Waals surface area contributed by atoms with E-state index in [9.17, 15) is 9.59 Å². The number of carbonyl (C=O) groups is 2. The highest BCUT2D eigenvalue weighted by molar-refractivity contribution is 6.01. The number of amides is 2. The summed E-state index contributed by atoms with van der Waals surface area (Å²) in [4.78, 5) is 22.5. The van der Waals surface area contributed by atoms with Crippen LogP contribution in [0.4, 0.5) is 6.01 Å². The maximum Gasteiger partial charge on any atom is 0.316 e. The summed E-state index contributed by atoms with van der Waals surface area (Å²) in [6.45, 7) is 1.88. The smallest absolute Gasteiger partial charge is 0.316 e. The molecule has 1 aromatic heterocycles. The highest BCUT2D eigenvalue weighted by Crippen LogP contribution is 2.16. The highest BCUT2D eigenvalue weighted by atomic mass is 16.4. The molecule has 2 rings (SSSR count). The van der Waals surface area contributed by atoms with E-state index in [0.717, 1.165) is 0 Å². The van der Waals surface area contributed by atoms with Crippen molar-refractivity contribution >= 4 is 17.8 Å². The predicted octanol–water partition coefficient (Wildman–Crippen LogP) is -0.433. The summed E-state index contributed by atoms with van der Waals surface area (Å²) < 4.78 is 5.35. The number of aromatic nitrogens is 2. The Hall–Kier alpha value is -1.96. The minimum Gasteiger partial charge on any atom is -0.406 e. The van der Waals surface area contributed by atoms with Gasteiger partial charge in [0.2, 0.25) is 17.7 Å². The maximum absolute atomic E-state index is 11.5. The summed E-state index contributed by atoms with van der Waals surface area (Å²) in [7, 11) is 1.78. The van der Waals surface area contributed by atoms with Crippen LogP contribution < -0.4 is 16.0 Å². The van der Waals surface area contributed by atoms with E-state index in [1.807, 2.05) is 6.92 Å². The molecule has 0 spiro atoms. The second-order valence-corrected chi connectivity index (χ2v) is 4.10. The fourth-order valence-electron chi connectivity index (χ4n) is 1.57. The summed E-state index contributed by atoms with van der Waals surface area (Å²) in [6.07, 6.45) is 0.723. The average molecular weight is 253 g/mol. The lowest BCUT2D eigenvalue weighted by Gasteiger charge is -2.20. The van der Waals surface area contributed by atoms with Crippen molar-refractivity contribution in [1.29, 1.82) is 0 Å². The second kappa shape index (κ2) is 5.13. The molecular weight excluding hydrogens is 238 g/mol. The molecule has 1 aliphatic rings. The minimum absolute atomic E-state index is 0.0604. The number of carbonyl (C=O) groups excluding carboxylic acids is 2. The molecule has 2 amide bonds. The van der Waals surface area contributed by atoms with Gasteiger partial charge in [0, 0.05) is 6.42 Å². The molecule has 18 heavy (non-hydrogen) atoms. The van der Waals surface area contributed by atoms with Crippen LogP contribution in [0.1, 0.15) is 31.7 Å². The molecule has 0 aliphatic carbocycles. The molecule has 0 aromatic carbocycles. The lowest BCUT2D eigenvalue weighted by molar-refractivity contribution is -0.133. The molecule has 2 atom stereocenters. The van der Waals surface area contributed by atoms with Crippen molar-refractivity contribution in [3.05, 3.63) is 5.89 Å². The number of nitrogens with one attached hydrogen (secondary N) is 3. The van der Waals surface area contributed by atoms with E-state index in [-0.39, 0.29) is 23.9 Å². The SMILES string of the molecule is CNC(C)c1nnc(NC2CCC(=O)NC2=O)o1. The molecule has 0 radical (unpaired) electrons. The molecule has 1 aliphatic heterocycles. The van der Waals surface area contributed by atoms with Crippen LogP contribution in [0.3, 0.4) is 0 Å². The number of piperidine rings is 1. The average Bonchev–Trinajstić information content (AvgIpc) is 2.80.